The van der Waals surface area contributed by atoms with E-state index in [1.807, 2.05) is 19.1 Å². The molecule has 1 aliphatic rings. The molecule has 0 unspecified atom stereocenters. The first-order valence-corrected chi connectivity index (χ1v) is 16.6. The van der Waals surface area contributed by atoms with Crippen LogP contribution in [0.4, 0.5) is 5.69 Å². The number of amides is 2. The number of carbonyl (C=O) groups excluding carboxylic acids is 2. The lowest BCUT2D eigenvalue weighted by Gasteiger charge is -2.25. The SMILES string of the molecule is CC[C@H](NC[C@H]1Cc2cccc(c2)CCCCc2cc(cc(N(C)S(C)(=O)=O)c2)C(=O)N1)C(=O)NCCC(C)(C)C. The first-order valence-electron chi connectivity index (χ1n) is 14.7. The van der Waals surface area contributed by atoms with Crippen molar-refractivity contribution in [3.05, 3.63) is 64.7 Å². The van der Waals surface area contributed by atoms with Crippen LogP contribution in [0.15, 0.2) is 42.5 Å². The molecule has 226 valence electrons. The van der Waals surface area contributed by atoms with Crippen LogP contribution < -0.4 is 20.3 Å². The molecule has 0 saturated heterocycles. The number of fused-ring (bicyclic) bond motifs is 4. The Kier molecular flexibility index (Phi) is 11.4. The second-order valence-electron chi connectivity index (χ2n) is 12.5. The minimum Gasteiger partial charge on any atom is -0.355 e. The fourth-order valence-electron chi connectivity index (χ4n) is 5.01. The largest absolute Gasteiger partial charge is 0.355 e. The Morgan fingerprint density at radius 3 is 2.41 bits per heavy atom. The zero-order valence-electron chi connectivity index (χ0n) is 25.5. The van der Waals surface area contributed by atoms with E-state index in [1.165, 1.54) is 16.9 Å². The van der Waals surface area contributed by atoms with Gasteiger partial charge >= 0.3 is 0 Å². The van der Waals surface area contributed by atoms with E-state index in [4.69, 9.17) is 0 Å². The molecule has 4 bridgehead atoms. The quantitative estimate of drug-likeness (QED) is 0.409. The Balaban J connectivity index is 1.85. The zero-order valence-corrected chi connectivity index (χ0v) is 26.4. The van der Waals surface area contributed by atoms with Crippen LogP contribution in [0.25, 0.3) is 0 Å². The third-order valence-electron chi connectivity index (χ3n) is 7.60. The first-order chi connectivity index (χ1) is 19.2. The topological polar surface area (TPSA) is 108 Å². The molecule has 0 aliphatic carbocycles. The minimum absolute atomic E-state index is 0.0351. The molecule has 1 heterocycles. The smallest absolute Gasteiger partial charge is 0.251 e. The number of hydrogen-bond donors (Lipinski definition) is 3. The molecule has 0 saturated carbocycles. The Morgan fingerprint density at radius 1 is 1.07 bits per heavy atom. The average Bonchev–Trinajstić information content (AvgIpc) is 2.89. The van der Waals surface area contributed by atoms with Crippen LogP contribution in [0, 0.1) is 5.41 Å². The highest BCUT2D eigenvalue weighted by Gasteiger charge is 2.22. The van der Waals surface area contributed by atoms with Crippen LogP contribution in [0.5, 0.6) is 0 Å². The van der Waals surface area contributed by atoms with Gasteiger partial charge in [0.15, 0.2) is 0 Å². The predicted molar refractivity (Wildman–Crippen MR) is 167 cm³/mol. The molecule has 41 heavy (non-hydrogen) atoms. The molecule has 2 aromatic carbocycles. The maximum atomic E-state index is 13.6. The summed E-state index contributed by atoms with van der Waals surface area (Å²) in [6, 6.07) is 13.2. The summed E-state index contributed by atoms with van der Waals surface area (Å²) in [7, 11) is -1.98. The van der Waals surface area contributed by atoms with Gasteiger partial charge in [0, 0.05) is 31.7 Å². The lowest BCUT2D eigenvalue weighted by molar-refractivity contribution is -0.123. The number of rotatable bonds is 9. The van der Waals surface area contributed by atoms with Crippen molar-refractivity contribution >= 4 is 27.5 Å². The number of anilines is 1. The second-order valence-corrected chi connectivity index (χ2v) is 14.5. The molecule has 2 aromatic rings. The number of benzene rings is 2. The van der Waals surface area contributed by atoms with Gasteiger partial charge in [-0.2, -0.15) is 0 Å². The highest BCUT2D eigenvalue weighted by atomic mass is 32.2. The molecular weight excluding hydrogens is 536 g/mol. The zero-order chi connectivity index (χ0) is 30.2. The molecule has 2 atom stereocenters. The number of carbonyl (C=O) groups is 2. The van der Waals surface area contributed by atoms with Gasteiger partial charge in [-0.05, 0) is 85.3 Å². The van der Waals surface area contributed by atoms with Gasteiger partial charge in [0.1, 0.15) is 0 Å². The number of aryl methyl sites for hydroxylation is 2. The Morgan fingerprint density at radius 2 is 1.76 bits per heavy atom. The number of nitrogens with one attached hydrogen (secondary N) is 3. The summed E-state index contributed by atoms with van der Waals surface area (Å²) in [4.78, 5) is 26.5. The number of hydrogen-bond acceptors (Lipinski definition) is 5. The van der Waals surface area contributed by atoms with Gasteiger partial charge in [-0.15, -0.1) is 0 Å². The van der Waals surface area contributed by atoms with Crippen molar-refractivity contribution in [3.8, 4) is 0 Å². The monoisotopic (exact) mass is 584 g/mol. The van der Waals surface area contributed by atoms with E-state index in [0.29, 0.717) is 37.2 Å². The minimum atomic E-state index is -3.49. The first kappa shape index (κ1) is 32.6. The van der Waals surface area contributed by atoms with Crippen LogP contribution in [0.3, 0.4) is 0 Å². The van der Waals surface area contributed by atoms with E-state index in [9.17, 15) is 18.0 Å². The van der Waals surface area contributed by atoms with Crippen molar-refractivity contribution < 1.29 is 18.0 Å². The second kappa shape index (κ2) is 14.3. The van der Waals surface area contributed by atoms with E-state index < -0.39 is 10.0 Å². The molecule has 3 N–H and O–H groups in total. The van der Waals surface area contributed by atoms with Gasteiger partial charge in [0.2, 0.25) is 15.9 Å². The van der Waals surface area contributed by atoms with E-state index in [2.05, 4.69) is 61.0 Å². The van der Waals surface area contributed by atoms with E-state index in [-0.39, 0.29) is 29.3 Å². The third-order valence-corrected chi connectivity index (χ3v) is 8.81. The molecule has 0 radical (unpaired) electrons. The average molecular weight is 585 g/mol. The number of sulfonamides is 1. The summed E-state index contributed by atoms with van der Waals surface area (Å²) in [6.07, 6.45) is 6.89. The van der Waals surface area contributed by atoms with Crippen LogP contribution >= 0.6 is 0 Å². The Hall–Kier alpha value is -2.91. The normalized spacial score (nSPS) is 17.2. The lowest BCUT2D eigenvalue weighted by Crippen LogP contribution is -2.50. The maximum absolute atomic E-state index is 13.6. The Bertz CT molecular complexity index is 1300. The molecule has 2 amide bonds. The molecule has 8 nitrogen and oxygen atoms in total. The van der Waals surface area contributed by atoms with Crippen molar-refractivity contribution in [1.29, 1.82) is 0 Å². The van der Waals surface area contributed by atoms with Gasteiger partial charge in [-0.3, -0.25) is 13.9 Å². The molecule has 0 spiro atoms. The summed E-state index contributed by atoms with van der Waals surface area (Å²) in [5, 5.41) is 9.62. The van der Waals surface area contributed by atoms with E-state index in [1.54, 1.807) is 6.07 Å². The van der Waals surface area contributed by atoms with Gasteiger partial charge in [-0.1, -0.05) is 52.0 Å². The fraction of sp³-hybridized carbons (Fsp3) is 0.562. The van der Waals surface area contributed by atoms with Crippen LogP contribution in [-0.2, 0) is 34.1 Å². The summed E-state index contributed by atoms with van der Waals surface area (Å²) in [5.41, 5.74) is 4.35. The predicted octanol–water partition coefficient (Wildman–Crippen LogP) is 4.22. The highest BCUT2D eigenvalue weighted by molar-refractivity contribution is 7.92. The third kappa shape index (κ3) is 10.5. The molecule has 3 rings (SSSR count). The standard InChI is InChI=1S/C32H48N4O4S/c1-7-29(31(38)33-16-15-32(2,3)4)34-22-27-19-24-14-10-13-23(17-24)11-8-9-12-25-18-26(30(37)35-27)21-28(20-25)36(5)41(6,39)40/h10,13-14,17-18,20-21,27,29,34H,7-9,11-12,15-16,19,22H2,1-6H3,(H,33,38)(H,35,37)/t27-,29+/m1/s1. The van der Waals surface area contributed by atoms with Crippen LogP contribution in [0.1, 0.15) is 80.4 Å². The summed E-state index contributed by atoms with van der Waals surface area (Å²) in [5.74, 6) is -0.301. The van der Waals surface area contributed by atoms with Crippen LogP contribution in [-0.4, -0.2) is 58.7 Å². The fourth-order valence-corrected chi connectivity index (χ4v) is 5.50. The summed E-state index contributed by atoms with van der Waals surface area (Å²) >= 11 is 0. The molecule has 0 fully saturated rings. The summed E-state index contributed by atoms with van der Waals surface area (Å²) < 4.78 is 25.8. The van der Waals surface area contributed by atoms with Crippen LogP contribution in [0.2, 0.25) is 0 Å². The Labute approximate surface area is 246 Å². The van der Waals surface area contributed by atoms with Gasteiger partial charge in [-0.25, -0.2) is 8.42 Å². The maximum Gasteiger partial charge on any atom is 0.251 e. The molecule has 9 heteroatoms. The number of nitrogens with zero attached hydrogens (tertiary/aromatic N) is 1. The summed E-state index contributed by atoms with van der Waals surface area (Å²) in [6.45, 7) is 9.46. The molecular formula is C32H48N4O4S. The van der Waals surface area contributed by atoms with E-state index in [0.717, 1.165) is 49.5 Å². The van der Waals surface area contributed by atoms with Gasteiger partial charge in [0.25, 0.3) is 5.91 Å². The van der Waals surface area contributed by atoms with Crippen molar-refractivity contribution in [2.75, 3.05) is 30.7 Å². The molecule has 1 aliphatic heterocycles. The van der Waals surface area contributed by atoms with Crippen molar-refractivity contribution in [2.45, 2.75) is 84.7 Å². The van der Waals surface area contributed by atoms with Gasteiger partial charge in [0.05, 0.1) is 18.0 Å². The molecule has 0 aromatic heterocycles. The van der Waals surface area contributed by atoms with Crippen molar-refractivity contribution in [1.82, 2.24) is 16.0 Å². The van der Waals surface area contributed by atoms with Gasteiger partial charge < -0.3 is 16.0 Å². The lowest BCUT2D eigenvalue weighted by atomic mass is 9.92. The highest BCUT2D eigenvalue weighted by Crippen LogP contribution is 2.23. The van der Waals surface area contributed by atoms with Crippen molar-refractivity contribution in [3.63, 3.8) is 0 Å². The van der Waals surface area contributed by atoms with E-state index >= 15 is 0 Å². The van der Waals surface area contributed by atoms with Crippen molar-refractivity contribution in [2.24, 2.45) is 5.41 Å².